The Morgan fingerprint density at radius 2 is 1.97 bits per heavy atom. The maximum absolute atomic E-state index is 12.8. The molecular formula is C21H20N4O3S. The number of hydrogen-bond acceptors (Lipinski definition) is 5. The molecule has 8 heteroatoms. The van der Waals surface area contributed by atoms with Crippen LogP contribution in [-0.2, 0) is 21.2 Å². The van der Waals surface area contributed by atoms with E-state index in [0.717, 1.165) is 18.4 Å². The molecule has 1 fully saturated rings. The molecule has 7 nitrogen and oxygen atoms in total. The molecule has 4 rings (SSSR count). The lowest BCUT2D eigenvalue weighted by molar-refractivity contribution is -0.121. The number of nitriles is 1. The van der Waals surface area contributed by atoms with E-state index in [-0.39, 0.29) is 16.7 Å². The molecule has 0 unspecified atom stereocenters. The van der Waals surface area contributed by atoms with E-state index in [0.29, 0.717) is 36.6 Å². The van der Waals surface area contributed by atoms with Gasteiger partial charge in [-0.1, -0.05) is 24.3 Å². The number of nitrogens with one attached hydrogen (secondary N) is 1. The lowest BCUT2D eigenvalue weighted by atomic mass is 9.96. The van der Waals surface area contributed by atoms with Gasteiger partial charge in [-0.15, -0.1) is 4.40 Å². The van der Waals surface area contributed by atoms with Gasteiger partial charge in [0, 0.05) is 24.3 Å². The van der Waals surface area contributed by atoms with Crippen molar-refractivity contribution in [3.63, 3.8) is 0 Å². The lowest BCUT2D eigenvalue weighted by Crippen LogP contribution is -2.43. The molecule has 2 aliphatic rings. The number of hydrogen-bond donors (Lipinski definition) is 1. The first-order valence-corrected chi connectivity index (χ1v) is 10.9. The first-order valence-electron chi connectivity index (χ1n) is 9.44. The largest absolute Gasteiger partial charge is 0.355 e. The molecule has 0 aliphatic carbocycles. The molecule has 1 N–H and O–H groups in total. The number of sulfonamides is 1. The van der Waals surface area contributed by atoms with Crippen LogP contribution in [0.1, 0.15) is 24.0 Å². The molecule has 2 heterocycles. The van der Waals surface area contributed by atoms with E-state index in [1.165, 1.54) is 0 Å². The van der Waals surface area contributed by atoms with Gasteiger partial charge >= 0.3 is 0 Å². The quantitative estimate of drug-likeness (QED) is 0.841. The van der Waals surface area contributed by atoms with Gasteiger partial charge in [-0.3, -0.25) is 4.79 Å². The second kappa shape index (κ2) is 7.68. The minimum Gasteiger partial charge on any atom is -0.355 e. The number of benzene rings is 2. The zero-order valence-electron chi connectivity index (χ0n) is 15.7. The predicted octanol–water partition coefficient (Wildman–Crippen LogP) is 2.55. The molecule has 2 aromatic carbocycles. The van der Waals surface area contributed by atoms with Crippen LogP contribution in [0, 0.1) is 17.2 Å². The fourth-order valence-electron chi connectivity index (χ4n) is 3.74. The molecule has 1 atom stereocenters. The predicted molar refractivity (Wildman–Crippen MR) is 109 cm³/mol. The maximum Gasteiger partial charge on any atom is 0.285 e. The Kier molecular flexibility index (Phi) is 5.07. The van der Waals surface area contributed by atoms with Crippen LogP contribution in [0.15, 0.2) is 57.8 Å². The van der Waals surface area contributed by atoms with Crippen LogP contribution in [0.3, 0.4) is 0 Å². The smallest absolute Gasteiger partial charge is 0.285 e. The fraction of sp³-hybridized carbons (Fsp3) is 0.286. The Morgan fingerprint density at radius 1 is 1.21 bits per heavy atom. The number of amides is 1. The summed E-state index contributed by atoms with van der Waals surface area (Å²) in [4.78, 5) is 14.9. The van der Waals surface area contributed by atoms with Crippen LogP contribution in [0.2, 0.25) is 0 Å². The molecule has 1 saturated heterocycles. The summed E-state index contributed by atoms with van der Waals surface area (Å²) in [6.07, 6.45) is 1.84. The summed E-state index contributed by atoms with van der Waals surface area (Å²) in [5, 5.41) is 11.7. The van der Waals surface area contributed by atoms with Crippen LogP contribution in [0.25, 0.3) is 0 Å². The fourth-order valence-corrected chi connectivity index (χ4v) is 4.97. The van der Waals surface area contributed by atoms with Crippen molar-refractivity contribution < 1.29 is 13.2 Å². The van der Waals surface area contributed by atoms with Gasteiger partial charge in [0.25, 0.3) is 10.0 Å². The second-order valence-electron chi connectivity index (χ2n) is 7.19. The average Bonchev–Trinajstić information content (AvgIpc) is 3.01. The number of rotatable bonds is 3. The Hall–Kier alpha value is -3.18. The van der Waals surface area contributed by atoms with Crippen molar-refractivity contribution in [2.45, 2.75) is 24.2 Å². The molecule has 2 aliphatic heterocycles. The number of fused-ring (bicyclic) bond motifs is 1. The molecule has 0 spiro atoms. The first-order chi connectivity index (χ1) is 14.0. The summed E-state index contributed by atoms with van der Waals surface area (Å²) in [5.74, 6) is 0.0668. The van der Waals surface area contributed by atoms with E-state index in [4.69, 9.17) is 5.26 Å². The standard InChI is InChI=1S/C21H20N4O3S/c22-12-11-15-7-9-17(10-8-15)23-21(26)16-4-3-13-25(14-16)20-18-5-1-2-6-19(18)29(27,28)24-20/h1-2,5-10,16H,3-4,11,13-14H2,(H,23,26)/t16-/m0/s1. The van der Waals surface area contributed by atoms with Crippen molar-refractivity contribution in [2.75, 3.05) is 18.4 Å². The number of likely N-dealkylation sites (tertiary alicyclic amines) is 1. The summed E-state index contributed by atoms with van der Waals surface area (Å²) in [6.45, 7) is 1.08. The van der Waals surface area contributed by atoms with Crippen LogP contribution >= 0.6 is 0 Å². The van der Waals surface area contributed by atoms with Gasteiger partial charge < -0.3 is 10.2 Å². The molecule has 2 aromatic rings. The van der Waals surface area contributed by atoms with Crippen LogP contribution in [0.4, 0.5) is 5.69 Å². The van der Waals surface area contributed by atoms with Gasteiger partial charge in [-0.25, -0.2) is 0 Å². The topological polar surface area (TPSA) is 103 Å². The molecule has 0 saturated carbocycles. The number of amidine groups is 1. The Balaban J connectivity index is 1.48. The monoisotopic (exact) mass is 408 g/mol. The van der Waals surface area contributed by atoms with E-state index in [2.05, 4.69) is 15.8 Å². The Morgan fingerprint density at radius 3 is 2.72 bits per heavy atom. The third kappa shape index (κ3) is 3.87. The Bertz CT molecular complexity index is 1120. The van der Waals surface area contributed by atoms with Crippen LogP contribution < -0.4 is 5.32 Å². The van der Waals surface area contributed by atoms with Crippen molar-refractivity contribution in [2.24, 2.45) is 10.3 Å². The minimum absolute atomic E-state index is 0.0996. The normalized spacial score (nSPS) is 19.8. The number of piperidine rings is 1. The summed E-state index contributed by atoms with van der Waals surface area (Å²) >= 11 is 0. The highest BCUT2D eigenvalue weighted by Gasteiger charge is 2.35. The van der Waals surface area contributed by atoms with E-state index in [1.807, 2.05) is 17.0 Å². The molecule has 0 aromatic heterocycles. The van der Waals surface area contributed by atoms with Gasteiger partial charge in [-0.2, -0.15) is 13.7 Å². The van der Waals surface area contributed by atoms with Crippen molar-refractivity contribution >= 4 is 27.5 Å². The number of nitrogens with zero attached hydrogens (tertiary/aromatic N) is 3. The lowest BCUT2D eigenvalue weighted by Gasteiger charge is -2.33. The van der Waals surface area contributed by atoms with E-state index < -0.39 is 10.0 Å². The van der Waals surface area contributed by atoms with E-state index in [1.54, 1.807) is 36.4 Å². The zero-order valence-corrected chi connectivity index (χ0v) is 16.5. The molecular weight excluding hydrogens is 388 g/mol. The van der Waals surface area contributed by atoms with Gasteiger partial charge in [-0.05, 0) is 42.7 Å². The minimum atomic E-state index is -3.68. The van der Waals surface area contributed by atoms with Gasteiger partial charge in [0.15, 0.2) is 5.84 Å². The van der Waals surface area contributed by atoms with Crippen LogP contribution in [-0.4, -0.2) is 38.2 Å². The third-order valence-electron chi connectivity index (χ3n) is 5.21. The Labute approximate surface area is 169 Å². The highest BCUT2D eigenvalue weighted by molar-refractivity contribution is 7.90. The highest BCUT2D eigenvalue weighted by atomic mass is 32.2. The molecule has 0 bridgehead atoms. The molecule has 0 radical (unpaired) electrons. The highest BCUT2D eigenvalue weighted by Crippen LogP contribution is 2.30. The summed E-state index contributed by atoms with van der Waals surface area (Å²) in [7, 11) is -3.68. The number of anilines is 1. The molecule has 1 amide bonds. The van der Waals surface area contributed by atoms with Gasteiger partial charge in [0.2, 0.25) is 5.91 Å². The van der Waals surface area contributed by atoms with Crippen molar-refractivity contribution in [1.29, 1.82) is 5.26 Å². The molecule has 148 valence electrons. The van der Waals surface area contributed by atoms with E-state index >= 15 is 0 Å². The summed E-state index contributed by atoms with van der Waals surface area (Å²) in [6, 6.07) is 16.1. The number of carbonyl (C=O) groups is 1. The average molecular weight is 408 g/mol. The third-order valence-corrected chi connectivity index (χ3v) is 6.53. The van der Waals surface area contributed by atoms with Gasteiger partial charge in [0.05, 0.1) is 18.4 Å². The van der Waals surface area contributed by atoms with Gasteiger partial charge in [0.1, 0.15) is 4.90 Å². The van der Waals surface area contributed by atoms with E-state index in [9.17, 15) is 13.2 Å². The van der Waals surface area contributed by atoms with Crippen LogP contribution in [0.5, 0.6) is 0 Å². The SMILES string of the molecule is N#CCc1ccc(NC(=O)[C@H]2CCCN(C3=NS(=O)(=O)c4ccccc43)C2)cc1. The van der Waals surface area contributed by atoms with Crippen molar-refractivity contribution in [3.8, 4) is 6.07 Å². The number of carbonyl (C=O) groups excluding carboxylic acids is 1. The second-order valence-corrected chi connectivity index (χ2v) is 8.76. The molecule has 29 heavy (non-hydrogen) atoms. The van der Waals surface area contributed by atoms with Crippen molar-refractivity contribution in [3.05, 3.63) is 59.7 Å². The summed E-state index contributed by atoms with van der Waals surface area (Å²) < 4.78 is 28.6. The van der Waals surface area contributed by atoms with Crippen molar-refractivity contribution in [1.82, 2.24) is 4.90 Å². The first kappa shape index (κ1) is 19.2. The summed E-state index contributed by atoms with van der Waals surface area (Å²) in [5.41, 5.74) is 2.18. The maximum atomic E-state index is 12.8. The zero-order chi connectivity index (χ0) is 20.4.